The SMILES string of the molecule is COc1cc(/C=N\NC(=O)[C@H]2CC(=O)N(c3ccc(Br)cc3)C2)ccc1OCc1ccccc1. The van der Waals surface area contributed by atoms with Gasteiger partial charge in [-0.15, -0.1) is 0 Å². The second kappa shape index (κ2) is 11.0. The van der Waals surface area contributed by atoms with E-state index >= 15 is 0 Å². The zero-order valence-corrected chi connectivity index (χ0v) is 20.2. The highest BCUT2D eigenvalue weighted by Gasteiger charge is 2.35. The van der Waals surface area contributed by atoms with Gasteiger partial charge in [-0.05, 0) is 53.6 Å². The van der Waals surface area contributed by atoms with E-state index < -0.39 is 5.92 Å². The highest BCUT2D eigenvalue weighted by molar-refractivity contribution is 9.10. The molecule has 7 nitrogen and oxygen atoms in total. The first-order valence-electron chi connectivity index (χ1n) is 10.8. The molecule has 0 spiro atoms. The highest BCUT2D eigenvalue weighted by atomic mass is 79.9. The molecular weight excluding hydrogens is 498 g/mol. The van der Waals surface area contributed by atoms with Crippen LogP contribution in [0.15, 0.2) is 82.4 Å². The molecule has 3 aromatic rings. The summed E-state index contributed by atoms with van der Waals surface area (Å²) in [5, 5.41) is 4.06. The third kappa shape index (κ3) is 5.82. The van der Waals surface area contributed by atoms with Gasteiger partial charge in [0.05, 0.1) is 19.2 Å². The molecular formula is C26H24BrN3O4. The number of hydrogen-bond acceptors (Lipinski definition) is 5. The third-order valence-corrected chi connectivity index (χ3v) is 5.98. The van der Waals surface area contributed by atoms with Crippen molar-refractivity contribution in [1.29, 1.82) is 0 Å². The first kappa shape index (κ1) is 23.5. The van der Waals surface area contributed by atoms with E-state index in [0.29, 0.717) is 24.7 Å². The van der Waals surface area contributed by atoms with Crippen LogP contribution in [0.1, 0.15) is 17.5 Å². The maximum atomic E-state index is 12.6. The number of nitrogens with zero attached hydrogens (tertiary/aromatic N) is 2. The molecule has 0 unspecified atom stereocenters. The van der Waals surface area contributed by atoms with Crippen LogP contribution in [0.4, 0.5) is 5.69 Å². The lowest BCUT2D eigenvalue weighted by molar-refractivity contribution is -0.126. The van der Waals surface area contributed by atoms with E-state index in [1.807, 2.05) is 60.7 Å². The van der Waals surface area contributed by atoms with Gasteiger partial charge in [-0.2, -0.15) is 5.10 Å². The van der Waals surface area contributed by atoms with E-state index in [9.17, 15) is 9.59 Å². The van der Waals surface area contributed by atoms with Gasteiger partial charge < -0.3 is 14.4 Å². The molecule has 1 aliphatic rings. The summed E-state index contributed by atoms with van der Waals surface area (Å²) in [6, 6.07) is 22.7. The predicted octanol–water partition coefficient (Wildman–Crippen LogP) is 4.54. The van der Waals surface area contributed by atoms with Crippen molar-refractivity contribution in [2.24, 2.45) is 11.0 Å². The van der Waals surface area contributed by atoms with Gasteiger partial charge in [-0.1, -0.05) is 46.3 Å². The van der Waals surface area contributed by atoms with Crippen molar-refractivity contribution < 1.29 is 19.1 Å². The number of anilines is 1. The number of carbonyl (C=O) groups excluding carboxylic acids is 2. The van der Waals surface area contributed by atoms with Gasteiger partial charge in [0, 0.05) is 23.1 Å². The Labute approximate surface area is 206 Å². The molecule has 0 saturated carbocycles. The Bertz CT molecular complexity index is 1180. The summed E-state index contributed by atoms with van der Waals surface area (Å²) >= 11 is 3.38. The lowest BCUT2D eigenvalue weighted by Gasteiger charge is -2.16. The average Bonchev–Trinajstić information content (AvgIpc) is 3.25. The summed E-state index contributed by atoms with van der Waals surface area (Å²) in [6.07, 6.45) is 1.68. The largest absolute Gasteiger partial charge is 0.493 e. The number of carbonyl (C=O) groups is 2. The zero-order valence-electron chi connectivity index (χ0n) is 18.6. The fourth-order valence-corrected chi connectivity index (χ4v) is 3.90. The molecule has 8 heteroatoms. The van der Waals surface area contributed by atoms with Crippen LogP contribution in [0.25, 0.3) is 0 Å². The van der Waals surface area contributed by atoms with Crippen molar-refractivity contribution in [2.45, 2.75) is 13.0 Å². The fourth-order valence-electron chi connectivity index (χ4n) is 3.63. The van der Waals surface area contributed by atoms with Crippen molar-refractivity contribution in [2.75, 3.05) is 18.6 Å². The molecule has 1 saturated heterocycles. The first-order chi connectivity index (χ1) is 16.5. The molecule has 0 aromatic heterocycles. The number of benzene rings is 3. The highest BCUT2D eigenvalue weighted by Crippen LogP contribution is 2.29. The van der Waals surface area contributed by atoms with Crippen molar-refractivity contribution in [3.63, 3.8) is 0 Å². The summed E-state index contributed by atoms with van der Waals surface area (Å²) in [5.74, 6) is 0.348. The minimum absolute atomic E-state index is 0.0812. The maximum absolute atomic E-state index is 12.6. The van der Waals surface area contributed by atoms with Crippen LogP contribution in [0.5, 0.6) is 11.5 Å². The van der Waals surface area contributed by atoms with Crippen LogP contribution in [-0.2, 0) is 16.2 Å². The lowest BCUT2D eigenvalue weighted by atomic mass is 10.1. The number of hydrazone groups is 1. The Balaban J connectivity index is 1.33. The van der Waals surface area contributed by atoms with Crippen molar-refractivity contribution in [3.05, 3.63) is 88.4 Å². The van der Waals surface area contributed by atoms with Crippen LogP contribution in [0, 0.1) is 5.92 Å². The van der Waals surface area contributed by atoms with Crippen LogP contribution in [0.3, 0.4) is 0 Å². The van der Waals surface area contributed by atoms with E-state index in [2.05, 4.69) is 26.5 Å². The maximum Gasteiger partial charge on any atom is 0.245 e. The topological polar surface area (TPSA) is 80.2 Å². The summed E-state index contributed by atoms with van der Waals surface area (Å²) in [5.41, 5.74) is 5.11. The fraction of sp³-hybridized carbons (Fsp3) is 0.192. The molecule has 0 radical (unpaired) electrons. The number of rotatable bonds is 8. The summed E-state index contributed by atoms with van der Waals surface area (Å²) in [4.78, 5) is 26.6. The molecule has 0 bridgehead atoms. The summed E-state index contributed by atoms with van der Waals surface area (Å²) in [6.45, 7) is 0.751. The monoisotopic (exact) mass is 521 g/mol. The van der Waals surface area contributed by atoms with Crippen LogP contribution < -0.4 is 19.8 Å². The van der Waals surface area contributed by atoms with E-state index in [1.54, 1.807) is 24.1 Å². The van der Waals surface area contributed by atoms with E-state index in [0.717, 1.165) is 21.3 Å². The molecule has 1 N–H and O–H groups in total. The molecule has 1 aliphatic heterocycles. The Hall–Kier alpha value is -3.65. The van der Waals surface area contributed by atoms with Gasteiger partial charge in [0.2, 0.25) is 11.8 Å². The van der Waals surface area contributed by atoms with Gasteiger partial charge in [-0.3, -0.25) is 9.59 Å². The van der Waals surface area contributed by atoms with Gasteiger partial charge in [0.15, 0.2) is 11.5 Å². The van der Waals surface area contributed by atoms with Gasteiger partial charge in [0.25, 0.3) is 0 Å². The second-order valence-corrected chi connectivity index (χ2v) is 8.72. The van der Waals surface area contributed by atoms with Crippen LogP contribution in [-0.4, -0.2) is 31.7 Å². The number of hydrogen-bond donors (Lipinski definition) is 1. The molecule has 1 atom stereocenters. The average molecular weight is 522 g/mol. The summed E-state index contributed by atoms with van der Waals surface area (Å²) in [7, 11) is 1.57. The minimum Gasteiger partial charge on any atom is -0.493 e. The Morgan fingerprint density at radius 1 is 1.12 bits per heavy atom. The third-order valence-electron chi connectivity index (χ3n) is 5.45. The Kier molecular flexibility index (Phi) is 7.59. The molecule has 4 rings (SSSR count). The van der Waals surface area contributed by atoms with E-state index in [4.69, 9.17) is 9.47 Å². The van der Waals surface area contributed by atoms with E-state index in [-0.39, 0.29) is 18.2 Å². The van der Waals surface area contributed by atoms with Crippen molar-refractivity contribution in [1.82, 2.24) is 5.43 Å². The minimum atomic E-state index is -0.461. The van der Waals surface area contributed by atoms with E-state index in [1.165, 1.54) is 6.21 Å². The zero-order chi connectivity index (χ0) is 23.9. The first-order valence-corrected chi connectivity index (χ1v) is 11.6. The molecule has 1 fully saturated rings. The molecule has 34 heavy (non-hydrogen) atoms. The molecule has 2 amide bonds. The number of halogens is 1. The molecule has 1 heterocycles. The van der Waals surface area contributed by atoms with Crippen molar-refractivity contribution in [3.8, 4) is 11.5 Å². The van der Waals surface area contributed by atoms with Gasteiger partial charge in [-0.25, -0.2) is 5.43 Å². The quantitative estimate of drug-likeness (QED) is 0.348. The van der Waals surface area contributed by atoms with Crippen LogP contribution >= 0.6 is 15.9 Å². The van der Waals surface area contributed by atoms with Gasteiger partial charge >= 0.3 is 0 Å². The molecule has 3 aromatic carbocycles. The number of amides is 2. The smallest absolute Gasteiger partial charge is 0.245 e. The number of nitrogens with one attached hydrogen (secondary N) is 1. The second-order valence-electron chi connectivity index (χ2n) is 7.80. The number of methoxy groups -OCH3 is 1. The van der Waals surface area contributed by atoms with Crippen molar-refractivity contribution >= 4 is 39.6 Å². The normalized spacial score (nSPS) is 15.5. The predicted molar refractivity (Wildman–Crippen MR) is 134 cm³/mol. The number of ether oxygens (including phenoxy) is 2. The standard InChI is InChI=1S/C26H24BrN3O4/c1-33-24-13-19(7-12-23(24)34-17-18-5-3-2-4-6-18)15-28-29-26(32)20-14-25(31)30(16-20)22-10-8-21(27)9-11-22/h2-13,15,20H,14,16-17H2,1H3,(H,29,32)/b28-15-/t20-/m0/s1. The Morgan fingerprint density at radius 3 is 2.62 bits per heavy atom. The molecule has 174 valence electrons. The lowest BCUT2D eigenvalue weighted by Crippen LogP contribution is -2.30. The van der Waals surface area contributed by atoms with Gasteiger partial charge in [0.1, 0.15) is 6.61 Å². The summed E-state index contributed by atoms with van der Waals surface area (Å²) < 4.78 is 12.2. The Morgan fingerprint density at radius 2 is 1.88 bits per heavy atom. The van der Waals surface area contributed by atoms with Crippen LogP contribution in [0.2, 0.25) is 0 Å². The molecule has 0 aliphatic carbocycles.